The SMILES string of the molecule is C=C(OC)C(=O)Nc1cccc(N2COCN(c3ccccc3)Cc3cnc(C)nc32)c1.[HH]. The number of amides is 1. The van der Waals surface area contributed by atoms with Crippen LogP contribution in [0.3, 0.4) is 0 Å². The molecule has 32 heavy (non-hydrogen) atoms. The number of para-hydroxylation sites is 1. The summed E-state index contributed by atoms with van der Waals surface area (Å²) in [6.45, 7) is 6.75. The van der Waals surface area contributed by atoms with Gasteiger partial charge in [0.1, 0.15) is 25.1 Å². The van der Waals surface area contributed by atoms with Gasteiger partial charge in [-0.3, -0.25) is 4.79 Å². The van der Waals surface area contributed by atoms with Crippen molar-refractivity contribution in [3.8, 4) is 0 Å². The molecule has 0 unspecified atom stereocenters. The largest absolute Gasteiger partial charge is 0.492 e. The second-order valence-corrected chi connectivity index (χ2v) is 7.32. The molecule has 166 valence electrons. The Morgan fingerprint density at radius 1 is 1.16 bits per heavy atom. The van der Waals surface area contributed by atoms with Crippen molar-refractivity contribution < 1.29 is 15.7 Å². The zero-order chi connectivity index (χ0) is 22.5. The third kappa shape index (κ3) is 4.70. The highest BCUT2D eigenvalue weighted by Crippen LogP contribution is 2.32. The van der Waals surface area contributed by atoms with E-state index in [9.17, 15) is 4.79 Å². The molecule has 0 saturated carbocycles. The molecule has 1 N–H and O–H groups in total. The van der Waals surface area contributed by atoms with Crippen LogP contribution in [-0.4, -0.2) is 36.4 Å². The van der Waals surface area contributed by atoms with Gasteiger partial charge in [-0.05, 0) is 37.3 Å². The molecule has 0 radical (unpaired) electrons. The van der Waals surface area contributed by atoms with E-state index in [4.69, 9.17) is 14.5 Å². The number of aromatic nitrogens is 2. The lowest BCUT2D eigenvalue weighted by Gasteiger charge is -2.33. The van der Waals surface area contributed by atoms with Crippen LogP contribution in [0.25, 0.3) is 0 Å². The molecule has 3 aromatic rings. The molecule has 4 rings (SSSR count). The first kappa shape index (κ1) is 21.3. The van der Waals surface area contributed by atoms with E-state index in [1.54, 1.807) is 6.07 Å². The maximum atomic E-state index is 12.1. The van der Waals surface area contributed by atoms with Crippen LogP contribution in [0.4, 0.5) is 22.9 Å². The molecule has 0 saturated heterocycles. The summed E-state index contributed by atoms with van der Waals surface area (Å²) in [5.74, 6) is 1.08. The van der Waals surface area contributed by atoms with Crippen LogP contribution in [0.2, 0.25) is 0 Å². The summed E-state index contributed by atoms with van der Waals surface area (Å²) in [7, 11) is 1.41. The minimum Gasteiger partial charge on any atom is -0.492 e. The minimum atomic E-state index is -0.398. The number of nitrogens with one attached hydrogen (secondary N) is 1. The van der Waals surface area contributed by atoms with Crippen molar-refractivity contribution in [1.82, 2.24) is 9.97 Å². The average molecular weight is 434 g/mol. The summed E-state index contributed by atoms with van der Waals surface area (Å²) in [6.07, 6.45) is 1.86. The number of ether oxygens (including phenoxy) is 2. The molecule has 2 aromatic carbocycles. The van der Waals surface area contributed by atoms with Gasteiger partial charge >= 0.3 is 0 Å². The number of aryl methyl sites for hydroxylation is 1. The number of fused-ring (bicyclic) bond motifs is 1. The second kappa shape index (κ2) is 9.49. The van der Waals surface area contributed by atoms with Gasteiger partial charge in [-0.25, -0.2) is 9.97 Å². The number of methoxy groups -OCH3 is 1. The second-order valence-electron chi connectivity index (χ2n) is 7.32. The van der Waals surface area contributed by atoms with E-state index in [2.05, 4.69) is 33.9 Å². The quantitative estimate of drug-likeness (QED) is 0.477. The molecule has 2 heterocycles. The Kier molecular flexibility index (Phi) is 6.32. The molecule has 0 atom stereocenters. The van der Waals surface area contributed by atoms with E-state index < -0.39 is 5.91 Å². The van der Waals surface area contributed by atoms with E-state index in [1.807, 2.05) is 54.4 Å². The maximum absolute atomic E-state index is 12.1. The first-order valence-corrected chi connectivity index (χ1v) is 10.2. The Hall–Kier alpha value is -3.91. The molecule has 1 aromatic heterocycles. The zero-order valence-electron chi connectivity index (χ0n) is 18.1. The summed E-state index contributed by atoms with van der Waals surface area (Å²) in [5, 5.41) is 2.79. The van der Waals surface area contributed by atoms with Gasteiger partial charge in [0.05, 0.1) is 13.7 Å². The van der Waals surface area contributed by atoms with Gasteiger partial charge < -0.3 is 24.6 Å². The molecule has 0 spiro atoms. The highest BCUT2D eigenvalue weighted by atomic mass is 16.5. The van der Waals surface area contributed by atoms with Gasteiger partial charge in [-0.2, -0.15) is 0 Å². The maximum Gasteiger partial charge on any atom is 0.290 e. The summed E-state index contributed by atoms with van der Waals surface area (Å²) < 4.78 is 11.0. The molecule has 1 aliphatic rings. The van der Waals surface area contributed by atoms with Gasteiger partial charge in [0, 0.05) is 30.2 Å². The smallest absolute Gasteiger partial charge is 0.290 e. The van der Waals surface area contributed by atoms with Crippen molar-refractivity contribution in [2.24, 2.45) is 0 Å². The van der Waals surface area contributed by atoms with Crippen LogP contribution in [0.5, 0.6) is 0 Å². The average Bonchev–Trinajstić information content (AvgIpc) is 2.80. The number of rotatable bonds is 5. The van der Waals surface area contributed by atoms with E-state index in [0.717, 1.165) is 22.8 Å². The number of hydrogen-bond donors (Lipinski definition) is 1. The molecule has 1 aliphatic heterocycles. The van der Waals surface area contributed by atoms with Gasteiger partial charge in [-0.15, -0.1) is 0 Å². The lowest BCUT2D eigenvalue weighted by atomic mass is 10.2. The minimum absolute atomic E-state index is 0. The van der Waals surface area contributed by atoms with Crippen molar-refractivity contribution in [2.75, 3.05) is 35.7 Å². The van der Waals surface area contributed by atoms with Crippen LogP contribution < -0.4 is 15.1 Å². The van der Waals surface area contributed by atoms with E-state index >= 15 is 0 Å². The molecule has 0 aliphatic carbocycles. The standard InChI is InChI=1S/C24H25N5O3.H2/c1-17(31-3)24(30)27-20-8-7-11-22(12-20)29-16-32-15-28(21-9-5-4-6-10-21)14-19-13-25-18(2)26-23(19)29;/h4-13H,1,14-16H2,2-3H3,(H,27,30);1H. The number of anilines is 4. The highest BCUT2D eigenvalue weighted by molar-refractivity contribution is 6.02. The number of hydrogen-bond acceptors (Lipinski definition) is 7. The Morgan fingerprint density at radius 3 is 2.72 bits per heavy atom. The molecule has 1 amide bonds. The van der Waals surface area contributed by atoms with Crippen molar-refractivity contribution in [3.05, 3.63) is 84.5 Å². The molecule has 0 bridgehead atoms. The van der Waals surface area contributed by atoms with Crippen LogP contribution >= 0.6 is 0 Å². The highest BCUT2D eigenvalue weighted by Gasteiger charge is 2.22. The number of nitrogens with zero attached hydrogens (tertiary/aromatic N) is 4. The summed E-state index contributed by atoms with van der Waals surface area (Å²) in [6, 6.07) is 17.6. The Labute approximate surface area is 188 Å². The summed E-state index contributed by atoms with van der Waals surface area (Å²) in [4.78, 5) is 25.4. The molecule has 8 heteroatoms. The van der Waals surface area contributed by atoms with Crippen molar-refractivity contribution >= 4 is 28.8 Å². The normalized spacial score (nSPS) is 13.6. The molecular formula is C24H27N5O3. The van der Waals surface area contributed by atoms with Gasteiger partial charge in [0.2, 0.25) is 0 Å². The van der Waals surface area contributed by atoms with Crippen LogP contribution in [0, 0.1) is 6.92 Å². The van der Waals surface area contributed by atoms with E-state index in [1.165, 1.54) is 7.11 Å². The van der Waals surface area contributed by atoms with Gasteiger partial charge in [-0.1, -0.05) is 30.8 Å². The zero-order valence-corrected chi connectivity index (χ0v) is 18.1. The molecule has 8 nitrogen and oxygen atoms in total. The third-order valence-corrected chi connectivity index (χ3v) is 5.08. The lowest BCUT2D eigenvalue weighted by molar-refractivity contribution is -0.115. The van der Waals surface area contributed by atoms with Crippen molar-refractivity contribution in [2.45, 2.75) is 13.5 Å². The van der Waals surface area contributed by atoms with Crippen molar-refractivity contribution in [3.63, 3.8) is 0 Å². The summed E-state index contributed by atoms with van der Waals surface area (Å²) >= 11 is 0. The number of carbonyl (C=O) groups excluding carboxylic acids is 1. The Morgan fingerprint density at radius 2 is 1.94 bits per heavy atom. The number of carbonyl (C=O) groups is 1. The molecular weight excluding hydrogens is 406 g/mol. The van der Waals surface area contributed by atoms with Crippen LogP contribution in [0.1, 0.15) is 12.8 Å². The fraction of sp³-hybridized carbons (Fsp3) is 0.208. The van der Waals surface area contributed by atoms with E-state index in [0.29, 0.717) is 24.8 Å². The number of benzene rings is 2. The van der Waals surface area contributed by atoms with E-state index in [-0.39, 0.29) is 13.9 Å². The fourth-order valence-electron chi connectivity index (χ4n) is 3.43. The Bertz CT molecular complexity index is 1130. The van der Waals surface area contributed by atoms with Crippen LogP contribution in [0.15, 0.2) is 73.1 Å². The Balaban J connectivity index is 0.00000306. The summed E-state index contributed by atoms with van der Waals surface area (Å²) in [5.41, 5.74) is 3.49. The predicted octanol–water partition coefficient (Wildman–Crippen LogP) is 4.22. The fourth-order valence-corrected chi connectivity index (χ4v) is 3.43. The topological polar surface area (TPSA) is 79.8 Å². The first-order chi connectivity index (χ1) is 15.5. The molecule has 0 fully saturated rings. The van der Waals surface area contributed by atoms with Crippen LogP contribution in [-0.2, 0) is 20.8 Å². The monoisotopic (exact) mass is 433 g/mol. The van der Waals surface area contributed by atoms with Gasteiger partial charge in [0.25, 0.3) is 5.91 Å². The predicted molar refractivity (Wildman–Crippen MR) is 126 cm³/mol. The lowest BCUT2D eigenvalue weighted by Crippen LogP contribution is -2.34. The van der Waals surface area contributed by atoms with Gasteiger partial charge in [0.15, 0.2) is 5.76 Å². The third-order valence-electron chi connectivity index (χ3n) is 5.08. The van der Waals surface area contributed by atoms with Crippen molar-refractivity contribution in [1.29, 1.82) is 0 Å². The first-order valence-electron chi connectivity index (χ1n) is 10.2.